The summed E-state index contributed by atoms with van der Waals surface area (Å²) in [5.41, 5.74) is 0.502. The summed E-state index contributed by atoms with van der Waals surface area (Å²) in [5.74, 6) is -0.309. The highest BCUT2D eigenvalue weighted by molar-refractivity contribution is 9.10. The lowest BCUT2D eigenvalue weighted by Gasteiger charge is -2.11. The summed E-state index contributed by atoms with van der Waals surface area (Å²) in [6.07, 6.45) is 1.52. The molecule has 0 N–H and O–H groups in total. The molecule has 7 heteroatoms. The molecule has 0 bridgehead atoms. The lowest BCUT2D eigenvalue weighted by molar-refractivity contribution is 0.101. The summed E-state index contributed by atoms with van der Waals surface area (Å²) in [6.45, 7) is 1.35. The number of carbonyl (C=O) groups is 1. The van der Waals surface area contributed by atoms with Crippen molar-refractivity contribution in [2.75, 3.05) is 0 Å². The Kier molecular flexibility index (Phi) is 4.38. The van der Waals surface area contributed by atoms with E-state index in [1.165, 1.54) is 31.3 Å². The molecule has 5 nitrogen and oxygen atoms in total. The number of benzene rings is 2. The first-order chi connectivity index (χ1) is 11.4. The van der Waals surface area contributed by atoms with Gasteiger partial charge in [-0.25, -0.2) is 0 Å². The van der Waals surface area contributed by atoms with Crippen molar-refractivity contribution in [2.24, 2.45) is 0 Å². The van der Waals surface area contributed by atoms with E-state index in [1.807, 2.05) is 0 Å². The predicted molar refractivity (Wildman–Crippen MR) is 93.7 cm³/mol. The second-order valence-electron chi connectivity index (χ2n) is 5.07. The molecule has 24 heavy (non-hydrogen) atoms. The number of hydrogen-bond donors (Lipinski definition) is 0. The van der Waals surface area contributed by atoms with Crippen LogP contribution in [0.25, 0.3) is 10.9 Å². The smallest absolute Gasteiger partial charge is 0.341 e. The molecule has 0 spiro atoms. The standard InChI is InChI=1S/C17H12BrNO4S/c1-11(20)14-10-13(18)7-8-15(14)23-24(21,22)16-6-2-4-12-5-3-9-19-17(12)16/h2-10H,1H3. The fraction of sp³-hybridized carbons (Fsp3) is 0.0588. The van der Waals surface area contributed by atoms with Crippen molar-refractivity contribution in [3.05, 3.63) is 64.8 Å². The highest BCUT2D eigenvalue weighted by Crippen LogP contribution is 2.29. The summed E-state index contributed by atoms with van der Waals surface area (Å²) in [7, 11) is -4.14. The Bertz CT molecular complexity index is 1040. The van der Waals surface area contributed by atoms with E-state index in [2.05, 4.69) is 20.9 Å². The van der Waals surface area contributed by atoms with Gasteiger partial charge in [-0.1, -0.05) is 34.1 Å². The Hall–Kier alpha value is -2.25. The van der Waals surface area contributed by atoms with Crippen molar-refractivity contribution >= 4 is 42.7 Å². The average Bonchev–Trinajstić information content (AvgIpc) is 2.55. The van der Waals surface area contributed by atoms with Gasteiger partial charge in [0.15, 0.2) is 11.5 Å². The number of halogens is 1. The van der Waals surface area contributed by atoms with Gasteiger partial charge in [-0.2, -0.15) is 8.42 Å². The van der Waals surface area contributed by atoms with Crippen LogP contribution in [0.2, 0.25) is 0 Å². The third kappa shape index (κ3) is 3.18. The number of Topliss-reactive ketones (excluding diaryl/α,β-unsaturated/α-hetero) is 1. The minimum atomic E-state index is -4.14. The number of hydrogen-bond acceptors (Lipinski definition) is 5. The minimum absolute atomic E-state index is 0.0152. The number of aromatic nitrogens is 1. The molecule has 0 amide bonds. The first-order valence-corrected chi connectivity index (χ1v) is 9.17. The van der Waals surface area contributed by atoms with E-state index < -0.39 is 10.1 Å². The van der Waals surface area contributed by atoms with Gasteiger partial charge in [-0.05, 0) is 37.3 Å². The van der Waals surface area contributed by atoms with E-state index >= 15 is 0 Å². The van der Waals surface area contributed by atoms with Gasteiger partial charge < -0.3 is 4.18 Å². The molecule has 3 aromatic rings. The minimum Gasteiger partial charge on any atom is -0.378 e. The van der Waals surface area contributed by atoms with Gasteiger partial charge in [0.2, 0.25) is 0 Å². The number of rotatable bonds is 4. The maximum Gasteiger partial charge on any atom is 0.341 e. The molecular formula is C17H12BrNO4S. The molecule has 0 atom stereocenters. The van der Waals surface area contributed by atoms with E-state index in [1.54, 1.807) is 30.3 Å². The summed E-state index contributed by atoms with van der Waals surface area (Å²) < 4.78 is 31.3. The Morgan fingerprint density at radius 2 is 1.88 bits per heavy atom. The van der Waals surface area contributed by atoms with Crippen molar-refractivity contribution in [2.45, 2.75) is 11.8 Å². The zero-order chi connectivity index (χ0) is 17.3. The molecule has 0 radical (unpaired) electrons. The normalized spacial score (nSPS) is 11.4. The summed E-state index contributed by atoms with van der Waals surface area (Å²) in [4.78, 5) is 15.8. The van der Waals surface area contributed by atoms with Crippen molar-refractivity contribution in [3.63, 3.8) is 0 Å². The van der Waals surface area contributed by atoms with E-state index in [9.17, 15) is 13.2 Å². The Morgan fingerprint density at radius 1 is 1.12 bits per heavy atom. The van der Waals surface area contributed by atoms with Gasteiger partial charge in [0, 0.05) is 16.1 Å². The van der Waals surface area contributed by atoms with Crippen LogP contribution in [-0.4, -0.2) is 19.2 Å². The molecule has 122 valence electrons. The fourth-order valence-electron chi connectivity index (χ4n) is 2.29. The molecule has 1 heterocycles. The monoisotopic (exact) mass is 405 g/mol. The number of carbonyl (C=O) groups excluding carboxylic acids is 1. The highest BCUT2D eigenvalue weighted by Gasteiger charge is 2.23. The molecule has 2 aromatic carbocycles. The van der Waals surface area contributed by atoms with Gasteiger partial charge in [0.05, 0.1) is 11.1 Å². The van der Waals surface area contributed by atoms with Crippen LogP contribution < -0.4 is 4.18 Å². The van der Waals surface area contributed by atoms with Crippen LogP contribution in [0.5, 0.6) is 5.75 Å². The topological polar surface area (TPSA) is 73.3 Å². The molecule has 3 rings (SSSR count). The van der Waals surface area contributed by atoms with Gasteiger partial charge in [-0.15, -0.1) is 0 Å². The maximum absolute atomic E-state index is 12.7. The van der Waals surface area contributed by atoms with Crippen LogP contribution in [0.4, 0.5) is 0 Å². The molecule has 0 aliphatic rings. The molecule has 0 saturated heterocycles. The molecule has 0 fully saturated rings. The summed E-state index contributed by atoms with van der Waals surface area (Å²) in [5, 5.41) is 0.685. The van der Waals surface area contributed by atoms with E-state index in [4.69, 9.17) is 4.18 Å². The molecule has 1 aromatic heterocycles. The zero-order valence-corrected chi connectivity index (χ0v) is 15.0. The summed E-state index contributed by atoms with van der Waals surface area (Å²) in [6, 6.07) is 12.9. The second kappa shape index (κ2) is 6.33. The second-order valence-corrected chi connectivity index (χ2v) is 7.50. The number of nitrogens with zero attached hydrogens (tertiary/aromatic N) is 1. The van der Waals surface area contributed by atoms with Crippen molar-refractivity contribution in [1.82, 2.24) is 4.98 Å². The Morgan fingerprint density at radius 3 is 2.62 bits per heavy atom. The predicted octanol–water partition coefficient (Wildman–Crippen LogP) is 3.97. The quantitative estimate of drug-likeness (QED) is 0.484. The first kappa shape index (κ1) is 16.6. The molecule has 0 aliphatic carbocycles. The van der Waals surface area contributed by atoms with Crippen LogP contribution >= 0.6 is 15.9 Å². The average molecular weight is 406 g/mol. The first-order valence-electron chi connectivity index (χ1n) is 6.97. The Balaban J connectivity index is 2.11. The third-order valence-electron chi connectivity index (χ3n) is 3.39. The van der Waals surface area contributed by atoms with Gasteiger partial charge in [-0.3, -0.25) is 9.78 Å². The van der Waals surface area contributed by atoms with E-state index in [-0.39, 0.29) is 22.0 Å². The lowest BCUT2D eigenvalue weighted by Crippen LogP contribution is -2.12. The molecule has 0 unspecified atom stereocenters. The van der Waals surface area contributed by atoms with Crippen LogP contribution in [0.1, 0.15) is 17.3 Å². The Labute approximate surface area is 147 Å². The van der Waals surface area contributed by atoms with Crippen molar-refractivity contribution in [1.29, 1.82) is 0 Å². The number of pyridine rings is 1. The maximum atomic E-state index is 12.7. The lowest BCUT2D eigenvalue weighted by atomic mass is 10.1. The van der Waals surface area contributed by atoms with Crippen LogP contribution in [-0.2, 0) is 10.1 Å². The molecule has 0 saturated carbocycles. The fourth-order valence-corrected chi connectivity index (χ4v) is 3.78. The van der Waals surface area contributed by atoms with Gasteiger partial charge >= 0.3 is 10.1 Å². The van der Waals surface area contributed by atoms with Crippen LogP contribution in [0, 0.1) is 0 Å². The van der Waals surface area contributed by atoms with Crippen molar-refractivity contribution < 1.29 is 17.4 Å². The zero-order valence-electron chi connectivity index (χ0n) is 12.6. The SMILES string of the molecule is CC(=O)c1cc(Br)ccc1OS(=O)(=O)c1cccc2cccnc12. The largest absolute Gasteiger partial charge is 0.378 e. The van der Waals surface area contributed by atoms with Crippen LogP contribution in [0.15, 0.2) is 64.1 Å². The van der Waals surface area contributed by atoms with Gasteiger partial charge in [0.25, 0.3) is 0 Å². The summed E-state index contributed by atoms with van der Waals surface area (Å²) >= 11 is 3.25. The molecule has 0 aliphatic heterocycles. The van der Waals surface area contributed by atoms with Gasteiger partial charge in [0.1, 0.15) is 4.90 Å². The number of ketones is 1. The number of para-hydroxylation sites is 1. The number of fused-ring (bicyclic) bond motifs is 1. The highest BCUT2D eigenvalue weighted by atomic mass is 79.9. The van der Waals surface area contributed by atoms with E-state index in [0.717, 1.165) is 0 Å². The van der Waals surface area contributed by atoms with Crippen LogP contribution in [0.3, 0.4) is 0 Å². The molecular weight excluding hydrogens is 394 g/mol. The van der Waals surface area contributed by atoms with Crippen molar-refractivity contribution in [3.8, 4) is 5.75 Å². The van der Waals surface area contributed by atoms with E-state index in [0.29, 0.717) is 15.4 Å². The third-order valence-corrected chi connectivity index (χ3v) is 5.15.